The van der Waals surface area contributed by atoms with Crippen molar-refractivity contribution < 1.29 is 9.53 Å². The van der Waals surface area contributed by atoms with Gasteiger partial charge in [-0.25, -0.2) is 4.79 Å². The van der Waals surface area contributed by atoms with Gasteiger partial charge >= 0.3 is 6.09 Å². The van der Waals surface area contributed by atoms with E-state index in [9.17, 15) is 4.79 Å². The van der Waals surface area contributed by atoms with Gasteiger partial charge in [-0.1, -0.05) is 11.6 Å². The third-order valence-corrected chi connectivity index (χ3v) is 5.81. The Bertz CT molecular complexity index is 895. The molecular formula is C23H28ClN3O2. The van der Waals surface area contributed by atoms with Crippen molar-refractivity contribution in [2.45, 2.75) is 58.2 Å². The molecule has 6 heteroatoms. The molecule has 1 amide bonds. The SMILES string of the molecule is CC(C)(C)OC(=O)N1CCC[C@H]1c1cc(Cl)cc2c1CN(c1cccnc1)CC2. The van der Waals surface area contributed by atoms with Crippen LogP contribution in [0, 0.1) is 0 Å². The van der Waals surface area contributed by atoms with Gasteiger partial charge in [0.2, 0.25) is 0 Å². The molecule has 3 heterocycles. The van der Waals surface area contributed by atoms with Crippen LogP contribution in [0.5, 0.6) is 0 Å². The minimum Gasteiger partial charge on any atom is -0.444 e. The van der Waals surface area contributed by atoms with E-state index in [1.165, 1.54) is 11.1 Å². The van der Waals surface area contributed by atoms with Crippen LogP contribution in [0.15, 0.2) is 36.7 Å². The molecule has 29 heavy (non-hydrogen) atoms. The number of carbonyl (C=O) groups excluding carboxylic acids is 1. The second-order valence-electron chi connectivity index (χ2n) is 8.85. The molecule has 1 aromatic heterocycles. The van der Waals surface area contributed by atoms with Crippen LogP contribution in [-0.4, -0.2) is 34.7 Å². The van der Waals surface area contributed by atoms with E-state index >= 15 is 0 Å². The van der Waals surface area contributed by atoms with Gasteiger partial charge in [0.05, 0.1) is 17.9 Å². The summed E-state index contributed by atoms with van der Waals surface area (Å²) in [7, 11) is 0. The molecule has 0 spiro atoms. The van der Waals surface area contributed by atoms with Gasteiger partial charge in [0.1, 0.15) is 5.60 Å². The van der Waals surface area contributed by atoms with Crippen molar-refractivity contribution in [3.8, 4) is 0 Å². The number of nitrogens with zero attached hydrogens (tertiary/aromatic N) is 3. The molecule has 1 atom stereocenters. The lowest BCUT2D eigenvalue weighted by Crippen LogP contribution is -2.37. The molecule has 1 saturated heterocycles. The zero-order valence-electron chi connectivity index (χ0n) is 17.3. The van der Waals surface area contributed by atoms with Gasteiger partial charge in [0.25, 0.3) is 0 Å². The molecule has 154 valence electrons. The molecule has 2 aliphatic heterocycles. The number of hydrogen-bond acceptors (Lipinski definition) is 4. The number of halogens is 1. The van der Waals surface area contributed by atoms with Crippen LogP contribution in [-0.2, 0) is 17.7 Å². The zero-order chi connectivity index (χ0) is 20.6. The highest BCUT2D eigenvalue weighted by Gasteiger charge is 2.35. The third kappa shape index (κ3) is 4.35. The predicted octanol–water partition coefficient (Wildman–Crippen LogP) is 5.37. The number of amides is 1. The highest BCUT2D eigenvalue weighted by atomic mass is 35.5. The van der Waals surface area contributed by atoms with E-state index in [1.807, 2.05) is 44.0 Å². The first-order valence-corrected chi connectivity index (χ1v) is 10.7. The second-order valence-corrected chi connectivity index (χ2v) is 9.28. The summed E-state index contributed by atoms with van der Waals surface area (Å²) in [6.07, 6.45) is 6.29. The zero-order valence-corrected chi connectivity index (χ0v) is 18.1. The van der Waals surface area contributed by atoms with Crippen molar-refractivity contribution in [3.63, 3.8) is 0 Å². The summed E-state index contributed by atoms with van der Waals surface area (Å²) in [5.74, 6) is 0. The molecule has 0 saturated carbocycles. The van der Waals surface area contributed by atoms with Crippen molar-refractivity contribution in [2.24, 2.45) is 0 Å². The number of carbonyl (C=O) groups is 1. The van der Waals surface area contributed by atoms with Gasteiger partial charge in [-0.15, -0.1) is 0 Å². The summed E-state index contributed by atoms with van der Waals surface area (Å²) in [4.78, 5) is 21.3. The lowest BCUT2D eigenvalue weighted by molar-refractivity contribution is 0.0224. The summed E-state index contributed by atoms with van der Waals surface area (Å²) < 4.78 is 5.67. The summed E-state index contributed by atoms with van der Waals surface area (Å²) in [6.45, 7) is 8.16. The molecule has 5 nitrogen and oxygen atoms in total. The maximum Gasteiger partial charge on any atom is 0.410 e. The summed E-state index contributed by atoms with van der Waals surface area (Å²) in [5, 5.41) is 0.740. The fourth-order valence-corrected chi connectivity index (χ4v) is 4.59. The second kappa shape index (κ2) is 7.86. The number of hydrogen-bond donors (Lipinski definition) is 0. The standard InChI is InChI=1S/C23H28ClN3O2/c1-23(2,3)29-22(28)27-10-5-7-21(27)19-13-17(24)12-16-8-11-26(15-20(16)19)18-6-4-9-25-14-18/h4,6,9,12-14,21H,5,7-8,10-11,15H2,1-3H3/t21-/m0/s1. The van der Waals surface area contributed by atoms with Crippen LogP contribution in [0.4, 0.5) is 10.5 Å². The third-order valence-electron chi connectivity index (χ3n) is 5.59. The molecule has 0 unspecified atom stereocenters. The minimum absolute atomic E-state index is 0.00569. The summed E-state index contributed by atoms with van der Waals surface area (Å²) >= 11 is 6.49. The van der Waals surface area contributed by atoms with E-state index in [-0.39, 0.29) is 12.1 Å². The molecule has 1 aromatic carbocycles. The average molecular weight is 414 g/mol. The number of rotatable bonds is 2. The molecule has 4 rings (SSSR count). The minimum atomic E-state index is -0.505. The summed E-state index contributed by atoms with van der Waals surface area (Å²) in [5.41, 5.74) is 4.34. The van der Waals surface area contributed by atoms with Crippen molar-refractivity contribution in [2.75, 3.05) is 18.0 Å². The van der Waals surface area contributed by atoms with Gasteiger partial charge in [0.15, 0.2) is 0 Å². The van der Waals surface area contributed by atoms with Gasteiger partial charge in [-0.3, -0.25) is 4.98 Å². The largest absolute Gasteiger partial charge is 0.444 e. The Hall–Kier alpha value is -2.27. The Morgan fingerprint density at radius 1 is 1.28 bits per heavy atom. The van der Waals surface area contributed by atoms with E-state index in [0.717, 1.165) is 48.6 Å². The Kier molecular flexibility index (Phi) is 5.43. The Balaban J connectivity index is 1.66. The molecule has 2 aliphatic rings. The van der Waals surface area contributed by atoms with Crippen LogP contribution in [0.25, 0.3) is 0 Å². The molecule has 0 bridgehead atoms. The highest BCUT2D eigenvalue weighted by molar-refractivity contribution is 6.30. The number of pyridine rings is 1. The van der Waals surface area contributed by atoms with Gasteiger partial charge in [-0.2, -0.15) is 0 Å². The molecule has 1 fully saturated rings. The Morgan fingerprint density at radius 2 is 2.10 bits per heavy atom. The van der Waals surface area contributed by atoms with Crippen LogP contribution < -0.4 is 4.90 Å². The summed E-state index contributed by atoms with van der Waals surface area (Å²) in [6, 6.07) is 8.19. The van der Waals surface area contributed by atoms with E-state index in [1.54, 1.807) is 6.20 Å². The number of likely N-dealkylation sites (tertiary alicyclic amines) is 1. The van der Waals surface area contributed by atoms with Crippen molar-refractivity contribution in [1.29, 1.82) is 0 Å². The van der Waals surface area contributed by atoms with Crippen LogP contribution >= 0.6 is 11.6 Å². The maximum atomic E-state index is 12.8. The van der Waals surface area contributed by atoms with E-state index < -0.39 is 5.60 Å². The fraction of sp³-hybridized carbons (Fsp3) is 0.478. The molecule has 0 N–H and O–H groups in total. The fourth-order valence-electron chi connectivity index (χ4n) is 4.35. The van der Waals surface area contributed by atoms with Crippen molar-refractivity contribution >= 4 is 23.4 Å². The van der Waals surface area contributed by atoms with E-state index in [0.29, 0.717) is 6.54 Å². The maximum absolute atomic E-state index is 12.8. The molecule has 0 radical (unpaired) electrons. The smallest absolute Gasteiger partial charge is 0.410 e. The first kappa shape index (κ1) is 20.0. The van der Waals surface area contributed by atoms with Crippen LogP contribution in [0.1, 0.15) is 56.3 Å². The molecule has 2 aromatic rings. The first-order valence-electron chi connectivity index (χ1n) is 10.3. The lowest BCUT2D eigenvalue weighted by Gasteiger charge is -2.35. The molecule has 0 aliphatic carbocycles. The van der Waals surface area contributed by atoms with Crippen molar-refractivity contribution in [3.05, 3.63) is 58.4 Å². The number of aromatic nitrogens is 1. The highest BCUT2D eigenvalue weighted by Crippen LogP contribution is 2.39. The van der Waals surface area contributed by atoms with Gasteiger partial charge in [-0.05, 0) is 81.0 Å². The first-order chi connectivity index (χ1) is 13.8. The topological polar surface area (TPSA) is 45.7 Å². The van der Waals surface area contributed by atoms with E-state index in [4.69, 9.17) is 16.3 Å². The van der Waals surface area contributed by atoms with E-state index in [2.05, 4.69) is 22.0 Å². The predicted molar refractivity (Wildman–Crippen MR) is 115 cm³/mol. The Labute approximate surface area is 177 Å². The molecular weight excluding hydrogens is 386 g/mol. The number of anilines is 1. The number of benzene rings is 1. The Morgan fingerprint density at radius 3 is 2.83 bits per heavy atom. The average Bonchev–Trinajstić information content (AvgIpc) is 3.16. The monoisotopic (exact) mass is 413 g/mol. The van der Waals surface area contributed by atoms with Gasteiger partial charge < -0.3 is 14.5 Å². The van der Waals surface area contributed by atoms with Crippen LogP contribution in [0.3, 0.4) is 0 Å². The number of ether oxygens (including phenoxy) is 1. The van der Waals surface area contributed by atoms with Crippen LogP contribution in [0.2, 0.25) is 5.02 Å². The number of fused-ring (bicyclic) bond motifs is 1. The normalized spacial score (nSPS) is 19.2. The quantitative estimate of drug-likeness (QED) is 0.663. The van der Waals surface area contributed by atoms with Gasteiger partial charge in [0, 0.05) is 30.9 Å². The van der Waals surface area contributed by atoms with Crippen molar-refractivity contribution in [1.82, 2.24) is 9.88 Å². The lowest BCUT2D eigenvalue weighted by atomic mass is 9.90.